The molecule has 3 rings (SSSR count). The molecule has 0 saturated carbocycles. The lowest BCUT2D eigenvalue weighted by molar-refractivity contribution is 0.360. The number of piperidine rings is 1. The molecule has 3 heteroatoms. The van der Waals surface area contributed by atoms with E-state index in [1.807, 2.05) is 0 Å². The second kappa shape index (κ2) is 4.04. The predicted octanol–water partition coefficient (Wildman–Crippen LogP) is 3.04. The monoisotopic (exact) mass is 280 g/mol. The first-order valence-corrected chi connectivity index (χ1v) is 6.88. The van der Waals surface area contributed by atoms with E-state index < -0.39 is 0 Å². The van der Waals surface area contributed by atoms with E-state index in [2.05, 4.69) is 39.0 Å². The third-order valence-corrected chi connectivity index (χ3v) is 4.50. The summed E-state index contributed by atoms with van der Waals surface area (Å²) in [5.41, 5.74) is 9.08. The van der Waals surface area contributed by atoms with Gasteiger partial charge in [-0.2, -0.15) is 0 Å². The molecule has 16 heavy (non-hydrogen) atoms. The molecule has 0 aliphatic carbocycles. The highest BCUT2D eigenvalue weighted by Crippen LogP contribution is 2.41. The highest BCUT2D eigenvalue weighted by Gasteiger charge is 2.33. The summed E-state index contributed by atoms with van der Waals surface area (Å²) in [6.45, 7) is 0. The van der Waals surface area contributed by atoms with Crippen molar-refractivity contribution in [1.29, 1.82) is 0 Å². The topological polar surface area (TPSA) is 29.3 Å². The lowest BCUT2D eigenvalue weighted by Crippen LogP contribution is -2.53. The summed E-state index contributed by atoms with van der Waals surface area (Å²) in [7, 11) is 0. The van der Waals surface area contributed by atoms with Crippen LogP contribution in [-0.2, 0) is 6.42 Å². The van der Waals surface area contributed by atoms with Gasteiger partial charge in [0.25, 0.3) is 0 Å². The number of anilines is 1. The van der Waals surface area contributed by atoms with Crippen LogP contribution < -0.4 is 10.6 Å². The Bertz CT molecular complexity index is 405. The number of hydrogen-bond donors (Lipinski definition) is 1. The Hall–Kier alpha value is -0.540. The maximum Gasteiger partial charge on any atom is 0.0774 e. The minimum absolute atomic E-state index is 0.205. The average molecular weight is 281 g/mol. The molecule has 0 radical (unpaired) electrons. The maximum atomic E-state index is 6.28. The van der Waals surface area contributed by atoms with Gasteiger partial charge in [-0.3, -0.25) is 0 Å². The van der Waals surface area contributed by atoms with Gasteiger partial charge in [-0.15, -0.1) is 0 Å². The second-order valence-electron chi connectivity index (χ2n) is 4.85. The number of hydrogen-bond acceptors (Lipinski definition) is 2. The van der Waals surface area contributed by atoms with Gasteiger partial charge in [-0.05, 0) is 59.7 Å². The first-order chi connectivity index (χ1) is 7.77. The minimum atomic E-state index is 0.205. The van der Waals surface area contributed by atoms with Crippen molar-refractivity contribution >= 4 is 21.6 Å². The maximum absolute atomic E-state index is 6.28. The molecule has 1 aromatic rings. The van der Waals surface area contributed by atoms with Crippen molar-refractivity contribution in [2.75, 3.05) is 4.90 Å². The van der Waals surface area contributed by atoms with Gasteiger partial charge in [0.1, 0.15) is 0 Å². The molecule has 2 unspecified atom stereocenters. The van der Waals surface area contributed by atoms with Crippen LogP contribution in [0.5, 0.6) is 0 Å². The van der Waals surface area contributed by atoms with Gasteiger partial charge < -0.3 is 10.6 Å². The Labute approximate surface area is 105 Å². The van der Waals surface area contributed by atoms with Crippen molar-refractivity contribution in [2.24, 2.45) is 5.73 Å². The summed E-state index contributed by atoms with van der Waals surface area (Å²) in [4.78, 5) is 2.45. The SMILES string of the molecule is NC1CCCC2CCc3cccc(Br)c3N12. The number of para-hydroxylation sites is 1. The van der Waals surface area contributed by atoms with Crippen LogP contribution in [0.1, 0.15) is 31.2 Å². The van der Waals surface area contributed by atoms with Crippen LogP contribution in [0, 0.1) is 0 Å². The van der Waals surface area contributed by atoms with Gasteiger partial charge in [0.05, 0.1) is 11.9 Å². The third-order valence-electron chi connectivity index (χ3n) is 3.86. The smallest absolute Gasteiger partial charge is 0.0774 e. The summed E-state index contributed by atoms with van der Waals surface area (Å²) < 4.78 is 1.20. The van der Waals surface area contributed by atoms with Gasteiger partial charge in [0.15, 0.2) is 0 Å². The quantitative estimate of drug-likeness (QED) is 0.792. The summed E-state index contributed by atoms with van der Waals surface area (Å²) >= 11 is 3.67. The molecule has 2 atom stereocenters. The zero-order chi connectivity index (χ0) is 11.1. The van der Waals surface area contributed by atoms with E-state index in [-0.39, 0.29) is 6.17 Å². The van der Waals surface area contributed by atoms with Crippen LogP contribution >= 0.6 is 15.9 Å². The van der Waals surface area contributed by atoms with Gasteiger partial charge in [0.2, 0.25) is 0 Å². The molecule has 0 aromatic heterocycles. The minimum Gasteiger partial charge on any atom is -0.352 e. The highest BCUT2D eigenvalue weighted by molar-refractivity contribution is 9.10. The number of nitrogens with two attached hydrogens (primary N) is 1. The van der Waals surface area contributed by atoms with E-state index in [0.29, 0.717) is 6.04 Å². The Morgan fingerprint density at radius 1 is 1.25 bits per heavy atom. The zero-order valence-electron chi connectivity index (χ0n) is 9.32. The molecular formula is C13H17BrN2. The Morgan fingerprint density at radius 2 is 2.12 bits per heavy atom. The Kier molecular flexibility index (Phi) is 2.68. The number of fused-ring (bicyclic) bond motifs is 3. The van der Waals surface area contributed by atoms with Crippen molar-refractivity contribution < 1.29 is 0 Å². The van der Waals surface area contributed by atoms with E-state index in [1.54, 1.807) is 0 Å². The lowest BCUT2D eigenvalue weighted by Gasteiger charge is -2.46. The van der Waals surface area contributed by atoms with Gasteiger partial charge >= 0.3 is 0 Å². The van der Waals surface area contributed by atoms with E-state index in [9.17, 15) is 0 Å². The first-order valence-electron chi connectivity index (χ1n) is 6.08. The van der Waals surface area contributed by atoms with Crippen molar-refractivity contribution in [2.45, 2.75) is 44.3 Å². The molecule has 1 aromatic carbocycles. The van der Waals surface area contributed by atoms with Crippen molar-refractivity contribution in [3.05, 3.63) is 28.2 Å². The average Bonchev–Trinajstić information content (AvgIpc) is 2.29. The summed E-state index contributed by atoms with van der Waals surface area (Å²) in [6.07, 6.45) is 6.37. The van der Waals surface area contributed by atoms with Crippen LogP contribution in [0.2, 0.25) is 0 Å². The second-order valence-corrected chi connectivity index (χ2v) is 5.70. The number of rotatable bonds is 0. The summed E-state index contributed by atoms with van der Waals surface area (Å²) in [5.74, 6) is 0. The fourth-order valence-corrected chi connectivity index (χ4v) is 3.73. The molecule has 2 N–H and O–H groups in total. The molecule has 2 heterocycles. The van der Waals surface area contributed by atoms with Crippen LogP contribution in [0.3, 0.4) is 0 Å². The largest absolute Gasteiger partial charge is 0.352 e. The highest BCUT2D eigenvalue weighted by atomic mass is 79.9. The van der Waals surface area contributed by atoms with Crippen LogP contribution in [0.25, 0.3) is 0 Å². The summed E-state index contributed by atoms with van der Waals surface area (Å²) in [5, 5.41) is 0. The van der Waals surface area contributed by atoms with E-state index in [1.165, 1.54) is 41.4 Å². The van der Waals surface area contributed by atoms with Gasteiger partial charge in [-0.1, -0.05) is 12.1 Å². The van der Waals surface area contributed by atoms with Crippen LogP contribution in [0.15, 0.2) is 22.7 Å². The van der Waals surface area contributed by atoms with E-state index in [4.69, 9.17) is 5.73 Å². The first kappa shape index (κ1) is 10.6. The zero-order valence-corrected chi connectivity index (χ0v) is 10.9. The molecule has 86 valence electrons. The predicted molar refractivity (Wildman–Crippen MR) is 70.6 cm³/mol. The van der Waals surface area contributed by atoms with Crippen LogP contribution in [-0.4, -0.2) is 12.2 Å². The standard InChI is InChI=1S/C13H17BrN2/c14-11-5-1-3-9-7-8-10-4-2-6-12(15)16(10)13(9)11/h1,3,5,10,12H,2,4,6-8,15H2. The lowest BCUT2D eigenvalue weighted by atomic mass is 9.88. The number of benzene rings is 1. The van der Waals surface area contributed by atoms with Crippen molar-refractivity contribution in [3.63, 3.8) is 0 Å². The molecule has 2 aliphatic rings. The molecule has 0 spiro atoms. The molecule has 0 bridgehead atoms. The number of aryl methyl sites for hydroxylation is 1. The normalized spacial score (nSPS) is 28.5. The fraction of sp³-hybridized carbons (Fsp3) is 0.538. The van der Waals surface area contributed by atoms with Crippen LogP contribution in [0.4, 0.5) is 5.69 Å². The number of halogens is 1. The Balaban J connectivity index is 2.08. The fourth-order valence-electron chi connectivity index (χ4n) is 3.12. The molecule has 1 fully saturated rings. The van der Waals surface area contributed by atoms with E-state index in [0.717, 1.165) is 6.42 Å². The molecule has 2 nitrogen and oxygen atoms in total. The van der Waals surface area contributed by atoms with Gasteiger partial charge in [0, 0.05) is 10.5 Å². The third kappa shape index (κ3) is 1.57. The van der Waals surface area contributed by atoms with E-state index >= 15 is 0 Å². The molecule has 1 saturated heterocycles. The van der Waals surface area contributed by atoms with Crippen molar-refractivity contribution in [3.8, 4) is 0 Å². The van der Waals surface area contributed by atoms with Gasteiger partial charge in [-0.25, -0.2) is 0 Å². The molecular weight excluding hydrogens is 264 g/mol. The molecule has 2 aliphatic heterocycles. The van der Waals surface area contributed by atoms with Crippen molar-refractivity contribution in [1.82, 2.24) is 0 Å². The molecule has 0 amide bonds. The Morgan fingerprint density at radius 3 is 3.00 bits per heavy atom. The summed E-state index contributed by atoms with van der Waals surface area (Å²) in [6, 6.07) is 7.15. The number of nitrogens with zero attached hydrogens (tertiary/aromatic N) is 1.